The second kappa shape index (κ2) is 12.1. The van der Waals surface area contributed by atoms with Crippen molar-refractivity contribution in [3.8, 4) is 29.4 Å². The zero-order chi connectivity index (χ0) is 30.0. The van der Waals surface area contributed by atoms with Crippen molar-refractivity contribution in [3.63, 3.8) is 0 Å². The standard InChI is InChI=1S/C32H34F2N6O2/c1-5-22-25(33)10-9-19-14-21(41)16-23(27(19)22)29-28(34)30-24(17-36-29)31(40-11-7-6-8-12-40)39-32(38-30)37-20(13-18(2)3)15-26(42)35-4/h1,9-10,14,16-18,20,41H,6-8,11-13,15H2,2-4H3,(H,35,42)(H,37,38,39). The number of fused-ring (bicyclic) bond motifs is 2. The molecule has 1 amide bonds. The fourth-order valence-electron chi connectivity index (χ4n) is 5.66. The average molecular weight is 573 g/mol. The van der Waals surface area contributed by atoms with Gasteiger partial charge in [-0.05, 0) is 55.2 Å². The number of phenolic OH excluding ortho intramolecular Hbond substituents is 1. The van der Waals surface area contributed by atoms with Gasteiger partial charge in [0.2, 0.25) is 11.9 Å². The summed E-state index contributed by atoms with van der Waals surface area (Å²) in [5, 5.41) is 17.6. The summed E-state index contributed by atoms with van der Waals surface area (Å²) in [7, 11) is 1.59. The highest BCUT2D eigenvalue weighted by molar-refractivity contribution is 6.03. The van der Waals surface area contributed by atoms with Gasteiger partial charge >= 0.3 is 0 Å². The van der Waals surface area contributed by atoms with Crippen LogP contribution in [0.3, 0.4) is 0 Å². The largest absolute Gasteiger partial charge is 0.508 e. The second-order valence-corrected chi connectivity index (χ2v) is 11.1. The summed E-state index contributed by atoms with van der Waals surface area (Å²) in [6.07, 6.45) is 11.1. The van der Waals surface area contributed by atoms with Crippen LogP contribution in [0.2, 0.25) is 0 Å². The molecular formula is C32H34F2N6O2. The minimum absolute atomic E-state index is 0.0245. The van der Waals surface area contributed by atoms with Gasteiger partial charge in [0.15, 0.2) is 5.82 Å². The van der Waals surface area contributed by atoms with Crippen LogP contribution >= 0.6 is 0 Å². The van der Waals surface area contributed by atoms with Crippen LogP contribution in [0.15, 0.2) is 30.5 Å². The number of benzene rings is 2. The predicted octanol–water partition coefficient (Wildman–Crippen LogP) is 5.76. The van der Waals surface area contributed by atoms with Gasteiger partial charge in [-0.1, -0.05) is 25.8 Å². The normalized spacial score (nSPS) is 14.3. The van der Waals surface area contributed by atoms with E-state index in [4.69, 9.17) is 11.4 Å². The molecular weight excluding hydrogens is 538 g/mol. The van der Waals surface area contributed by atoms with Crippen molar-refractivity contribution in [2.75, 3.05) is 30.4 Å². The number of nitrogens with zero attached hydrogens (tertiary/aromatic N) is 4. The van der Waals surface area contributed by atoms with Crippen molar-refractivity contribution in [1.29, 1.82) is 0 Å². The summed E-state index contributed by atoms with van der Waals surface area (Å²) in [5.41, 5.74) is 0.00988. The molecule has 2 aromatic carbocycles. The Morgan fingerprint density at radius 1 is 1.17 bits per heavy atom. The van der Waals surface area contributed by atoms with Crippen molar-refractivity contribution < 1.29 is 18.7 Å². The molecule has 2 aromatic heterocycles. The van der Waals surface area contributed by atoms with Crippen LogP contribution in [0.1, 0.15) is 51.5 Å². The number of anilines is 2. The quantitative estimate of drug-likeness (QED) is 0.231. The minimum atomic E-state index is -0.748. The number of pyridine rings is 1. The Hall–Kier alpha value is -4.52. The van der Waals surface area contributed by atoms with Gasteiger partial charge in [-0.3, -0.25) is 9.78 Å². The van der Waals surface area contributed by atoms with Crippen LogP contribution < -0.4 is 15.5 Å². The average Bonchev–Trinajstić information content (AvgIpc) is 2.97. The molecule has 8 nitrogen and oxygen atoms in total. The van der Waals surface area contributed by atoms with Gasteiger partial charge in [-0.25, -0.2) is 13.8 Å². The van der Waals surface area contributed by atoms with E-state index in [0.717, 1.165) is 32.4 Å². The first-order valence-electron chi connectivity index (χ1n) is 14.2. The number of carbonyl (C=O) groups is 1. The third kappa shape index (κ3) is 5.77. The third-order valence-corrected chi connectivity index (χ3v) is 7.57. The molecule has 1 unspecified atom stereocenters. The van der Waals surface area contributed by atoms with E-state index >= 15 is 4.39 Å². The van der Waals surface area contributed by atoms with E-state index in [1.54, 1.807) is 7.05 Å². The fourth-order valence-corrected chi connectivity index (χ4v) is 5.66. The Morgan fingerprint density at radius 2 is 1.93 bits per heavy atom. The van der Waals surface area contributed by atoms with Crippen LogP contribution in [-0.4, -0.2) is 52.1 Å². The van der Waals surface area contributed by atoms with E-state index in [0.29, 0.717) is 23.0 Å². The lowest BCUT2D eigenvalue weighted by atomic mass is 9.96. The predicted molar refractivity (Wildman–Crippen MR) is 161 cm³/mol. The smallest absolute Gasteiger partial charge is 0.225 e. The zero-order valence-electron chi connectivity index (χ0n) is 24.0. The van der Waals surface area contributed by atoms with Gasteiger partial charge in [0.05, 0.1) is 10.9 Å². The number of phenols is 1. The number of hydrogen-bond donors (Lipinski definition) is 3. The van der Waals surface area contributed by atoms with E-state index in [1.165, 1.54) is 30.5 Å². The van der Waals surface area contributed by atoms with Crippen LogP contribution in [0, 0.1) is 29.9 Å². The van der Waals surface area contributed by atoms with Crippen molar-refractivity contribution >= 4 is 39.3 Å². The third-order valence-electron chi connectivity index (χ3n) is 7.57. The molecule has 1 aliphatic rings. The Bertz CT molecular complexity index is 1700. The molecule has 1 fully saturated rings. The van der Waals surface area contributed by atoms with Crippen molar-refractivity contribution in [2.45, 2.75) is 52.0 Å². The van der Waals surface area contributed by atoms with Gasteiger partial charge in [0.25, 0.3) is 0 Å². The first-order valence-corrected chi connectivity index (χ1v) is 14.2. The number of hydrogen-bond acceptors (Lipinski definition) is 7. The maximum Gasteiger partial charge on any atom is 0.225 e. The molecule has 1 saturated heterocycles. The van der Waals surface area contributed by atoms with Gasteiger partial charge < -0.3 is 20.6 Å². The molecule has 0 radical (unpaired) electrons. The molecule has 4 aromatic rings. The summed E-state index contributed by atoms with van der Waals surface area (Å²) in [6.45, 7) is 5.63. The number of piperidine rings is 1. The highest BCUT2D eigenvalue weighted by Crippen LogP contribution is 2.38. The highest BCUT2D eigenvalue weighted by atomic mass is 19.1. The molecule has 5 rings (SSSR count). The maximum atomic E-state index is 16.6. The van der Waals surface area contributed by atoms with Crippen LogP contribution in [0.4, 0.5) is 20.5 Å². The Kier molecular flexibility index (Phi) is 8.39. The van der Waals surface area contributed by atoms with Crippen molar-refractivity contribution in [1.82, 2.24) is 20.3 Å². The van der Waals surface area contributed by atoms with E-state index in [9.17, 15) is 14.3 Å². The van der Waals surface area contributed by atoms with Gasteiger partial charge in [-0.2, -0.15) is 4.98 Å². The number of aromatic nitrogens is 3. The molecule has 1 aliphatic heterocycles. The van der Waals surface area contributed by atoms with Gasteiger partial charge in [-0.15, -0.1) is 6.42 Å². The lowest BCUT2D eigenvalue weighted by Crippen LogP contribution is -2.32. The summed E-state index contributed by atoms with van der Waals surface area (Å²) >= 11 is 0. The second-order valence-electron chi connectivity index (χ2n) is 11.1. The molecule has 3 heterocycles. The Balaban J connectivity index is 1.72. The van der Waals surface area contributed by atoms with Gasteiger partial charge in [0, 0.05) is 49.7 Å². The molecule has 10 heteroatoms. The number of nitrogens with one attached hydrogen (secondary N) is 2. The van der Waals surface area contributed by atoms with Crippen LogP contribution in [0.25, 0.3) is 32.9 Å². The number of amides is 1. The number of halogens is 2. The number of rotatable bonds is 8. The fraction of sp³-hybridized carbons (Fsp3) is 0.375. The monoisotopic (exact) mass is 572 g/mol. The van der Waals surface area contributed by atoms with E-state index in [-0.39, 0.29) is 63.7 Å². The van der Waals surface area contributed by atoms with E-state index in [1.807, 2.05) is 0 Å². The molecule has 0 aliphatic carbocycles. The molecule has 218 valence electrons. The number of aromatic hydroxyl groups is 1. The lowest BCUT2D eigenvalue weighted by Gasteiger charge is -2.29. The van der Waals surface area contributed by atoms with Gasteiger partial charge in [0.1, 0.15) is 28.6 Å². The maximum absolute atomic E-state index is 16.6. The summed E-state index contributed by atoms with van der Waals surface area (Å²) in [4.78, 5) is 28.2. The minimum Gasteiger partial charge on any atom is -0.508 e. The summed E-state index contributed by atoms with van der Waals surface area (Å²) in [5.74, 6) is 1.75. The topological polar surface area (TPSA) is 103 Å². The molecule has 0 saturated carbocycles. The van der Waals surface area contributed by atoms with Crippen molar-refractivity contribution in [2.24, 2.45) is 5.92 Å². The number of carbonyl (C=O) groups excluding carboxylic acids is 1. The van der Waals surface area contributed by atoms with Crippen LogP contribution in [0.5, 0.6) is 5.75 Å². The highest BCUT2D eigenvalue weighted by Gasteiger charge is 2.25. The lowest BCUT2D eigenvalue weighted by molar-refractivity contribution is -0.120. The first kappa shape index (κ1) is 29.0. The molecule has 42 heavy (non-hydrogen) atoms. The molecule has 0 spiro atoms. The Labute approximate surface area is 243 Å². The number of terminal acetylenes is 1. The van der Waals surface area contributed by atoms with Crippen molar-refractivity contribution in [3.05, 3.63) is 47.7 Å². The molecule has 3 N–H and O–H groups in total. The summed E-state index contributed by atoms with van der Waals surface area (Å²) in [6, 6.07) is 5.18. The van der Waals surface area contributed by atoms with Crippen LogP contribution in [-0.2, 0) is 4.79 Å². The van der Waals surface area contributed by atoms with E-state index < -0.39 is 11.6 Å². The Morgan fingerprint density at radius 3 is 2.62 bits per heavy atom. The first-order chi connectivity index (χ1) is 20.2. The van der Waals surface area contributed by atoms with E-state index in [2.05, 4.69) is 45.3 Å². The zero-order valence-corrected chi connectivity index (χ0v) is 24.0. The SMILES string of the molecule is C#Cc1c(F)ccc2cc(O)cc(-c3ncc4c(N5CCCCC5)nc(NC(CC(=O)NC)CC(C)C)nc4c3F)c12. The molecule has 0 bridgehead atoms. The summed E-state index contributed by atoms with van der Waals surface area (Å²) < 4.78 is 31.3. The molecule has 1 atom stereocenters.